The summed E-state index contributed by atoms with van der Waals surface area (Å²) < 4.78 is 0. The SMILES string of the molecule is Cc1ccc(CNC(=O)c2nnc(CN(C)C(C)C(=O)O)s2)cc1.Cl. The van der Waals surface area contributed by atoms with Crippen LogP contribution in [-0.4, -0.2) is 45.2 Å². The molecular formula is C16H21ClN4O3S. The summed E-state index contributed by atoms with van der Waals surface area (Å²) in [6, 6.07) is 7.27. The topological polar surface area (TPSA) is 95.4 Å². The number of carboxylic acid groups (broad SMARTS) is 1. The second-order valence-electron chi connectivity index (χ2n) is 5.60. The summed E-state index contributed by atoms with van der Waals surface area (Å²) in [5, 5.41) is 20.5. The van der Waals surface area contributed by atoms with Crippen LogP contribution in [-0.2, 0) is 17.9 Å². The van der Waals surface area contributed by atoms with Crippen LogP contribution in [0.4, 0.5) is 0 Å². The molecule has 0 fully saturated rings. The quantitative estimate of drug-likeness (QED) is 0.759. The van der Waals surface area contributed by atoms with Crippen LogP contribution in [0, 0.1) is 6.92 Å². The van der Waals surface area contributed by atoms with Crippen LogP contribution in [0.15, 0.2) is 24.3 Å². The molecule has 0 aliphatic carbocycles. The number of aromatic nitrogens is 2. The highest BCUT2D eigenvalue weighted by Crippen LogP contribution is 2.13. The Balaban J connectivity index is 0.00000312. The minimum Gasteiger partial charge on any atom is -0.480 e. The molecule has 25 heavy (non-hydrogen) atoms. The molecule has 1 aromatic carbocycles. The third kappa shape index (κ3) is 6.08. The summed E-state index contributed by atoms with van der Waals surface area (Å²) in [6.45, 7) is 4.35. The van der Waals surface area contributed by atoms with E-state index in [-0.39, 0.29) is 23.3 Å². The Morgan fingerprint density at radius 2 is 1.92 bits per heavy atom. The van der Waals surface area contributed by atoms with Gasteiger partial charge in [-0.3, -0.25) is 14.5 Å². The maximum Gasteiger partial charge on any atom is 0.320 e. The van der Waals surface area contributed by atoms with Crippen LogP contribution in [0.2, 0.25) is 0 Å². The molecule has 2 aromatic rings. The van der Waals surface area contributed by atoms with Crippen molar-refractivity contribution in [1.82, 2.24) is 20.4 Å². The molecule has 2 rings (SSSR count). The smallest absolute Gasteiger partial charge is 0.320 e. The molecule has 1 atom stereocenters. The zero-order chi connectivity index (χ0) is 17.7. The first kappa shape index (κ1) is 21.0. The number of nitrogens with zero attached hydrogens (tertiary/aromatic N) is 3. The standard InChI is InChI=1S/C16H20N4O3S.ClH/c1-10-4-6-12(7-5-10)8-17-14(21)15-19-18-13(24-15)9-20(3)11(2)16(22)23;/h4-7,11H,8-9H2,1-3H3,(H,17,21)(H,22,23);1H. The highest BCUT2D eigenvalue weighted by atomic mass is 35.5. The number of carbonyl (C=O) groups excluding carboxylic acids is 1. The van der Waals surface area contributed by atoms with Crippen LogP contribution in [0.1, 0.15) is 32.9 Å². The summed E-state index contributed by atoms with van der Waals surface area (Å²) in [4.78, 5) is 24.7. The molecular weight excluding hydrogens is 364 g/mol. The lowest BCUT2D eigenvalue weighted by molar-refractivity contribution is -0.142. The number of aliphatic carboxylic acids is 1. The van der Waals surface area contributed by atoms with Crippen molar-refractivity contribution in [2.24, 2.45) is 0 Å². The Hall–Kier alpha value is -2.03. The number of nitrogens with one attached hydrogen (secondary N) is 1. The van der Waals surface area contributed by atoms with Gasteiger partial charge >= 0.3 is 5.97 Å². The number of hydrogen-bond acceptors (Lipinski definition) is 6. The van der Waals surface area contributed by atoms with Gasteiger partial charge in [0.1, 0.15) is 11.0 Å². The maximum atomic E-state index is 12.1. The highest BCUT2D eigenvalue weighted by Gasteiger charge is 2.19. The second-order valence-corrected chi connectivity index (χ2v) is 6.66. The lowest BCUT2D eigenvalue weighted by Crippen LogP contribution is -2.35. The summed E-state index contributed by atoms with van der Waals surface area (Å²) in [7, 11) is 1.69. The van der Waals surface area contributed by atoms with Gasteiger partial charge in [-0.25, -0.2) is 0 Å². The molecule has 9 heteroatoms. The molecule has 0 aliphatic rings. The molecule has 0 saturated heterocycles. The third-order valence-corrected chi connectivity index (χ3v) is 4.54. The molecule has 136 valence electrons. The fraction of sp³-hybridized carbons (Fsp3) is 0.375. The zero-order valence-corrected chi connectivity index (χ0v) is 15.9. The van der Waals surface area contributed by atoms with Crippen LogP contribution < -0.4 is 5.32 Å². The summed E-state index contributed by atoms with van der Waals surface area (Å²) in [5.41, 5.74) is 2.17. The van der Waals surface area contributed by atoms with E-state index < -0.39 is 12.0 Å². The molecule has 0 bridgehead atoms. The minimum atomic E-state index is -0.905. The first-order valence-electron chi connectivity index (χ1n) is 7.46. The number of halogens is 1. The Morgan fingerprint density at radius 1 is 1.28 bits per heavy atom. The van der Waals surface area contributed by atoms with E-state index in [0.29, 0.717) is 18.1 Å². The van der Waals surface area contributed by atoms with Gasteiger partial charge in [-0.05, 0) is 26.5 Å². The Labute approximate surface area is 156 Å². The van der Waals surface area contributed by atoms with E-state index in [0.717, 1.165) is 5.56 Å². The van der Waals surface area contributed by atoms with Crippen LogP contribution in [0.5, 0.6) is 0 Å². The molecule has 1 unspecified atom stereocenters. The first-order chi connectivity index (χ1) is 11.4. The molecule has 1 aromatic heterocycles. The number of benzene rings is 1. The molecule has 0 radical (unpaired) electrons. The first-order valence-corrected chi connectivity index (χ1v) is 8.27. The lowest BCUT2D eigenvalue weighted by Gasteiger charge is -2.18. The van der Waals surface area contributed by atoms with E-state index in [1.165, 1.54) is 16.9 Å². The molecule has 1 heterocycles. The van der Waals surface area contributed by atoms with Gasteiger partial charge in [-0.15, -0.1) is 22.6 Å². The van der Waals surface area contributed by atoms with E-state index in [9.17, 15) is 9.59 Å². The van der Waals surface area contributed by atoms with E-state index in [2.05, 4.69) is 15.5 Å². The number of aryl methyl sites for hydroxylation is 1. The normalized spacial score (nSPS) is 11.7. The minimum absolute atomic E-state index is 0. The van der Waals surface area contributed by atoms with Crippen molar-refractivity contribution in [1.29, 1.82) is 0 Å². The number of likely N-dealkylation sites (N-methyl/N-ethyl adjacent to an activating group) is 1. The summed E-state index contributed by atoms with van der Waals surface area (Å²) in [6.07, 6.45) is 0. The molecule has 2 N–H and O–H groups in total. The molecule has 1 amide bonds. The Bertz CT molecular complexity index is 720. The van der Waals surface area contributed by atoms with Gasteiger partial charge in [0, 0.05) is 6.54 Å². The van der Waals surface area contributed by atoms with Gasteiger partial charge in [0.2, 0.25) is 5.01 Å². The second kappa shape index (κ2) is 9.45. The van der Waals surface area contributed by atoms with Crippen molar-refractivity contribution in [3.63, 3.8) is 0 Å². The highest BCUT2D eigenvalue weighted by molar-refractivity contribution is 7.13. The van der Waals surface area contributed by atoms with Gasteiger partial charge in [-0.1, -0.05) is 41.2 Å². The average Bonchev–Trinajstić information content (AvgIpc) is 3.01. The number of amides is 1. The largest absolute Gasteiger partial charge is 0.480 e. The molecule has 0 saturated carbocycles. The molecule has 0 spiro atoms. The number of carbonyl (C=O) groups is 2. The third-order valence-electron chi connectivity index (χ3n) is 3.64. The van der Waals surface area contributed by atoms with E-state index in [4.69, 9.17) is 5.11 Å². The fourth-order valence-corrected chi connectivity index (χ4v) is 2.73. The molecule has 7 nitrogen and oxygen atoms in total. The van der Waals surface area contributed by atoms with Crippen LogP contribution >= 0.6 is 23.7 Å². The monoisotopic (exact) mass is 384 g/mol. The average molecular weight is 385 g/mol. The van der Waals surface area contributed by atoms with Gasteiger partial charge in [0.05, 0.1) is 6.54 Å². The van der Waals surface area contributed by atoms with Crippen LogP contribution in [0.3, 0.4) is 0 Å². The summed E-state index contributed by atoms with van der Waals surface area (Å²) >= 11 is 1.17. The predicted molar refractivity (Wildman–Crippen MR) is 98.1 cm³/mol. The van der Waals surface area contributed by atoms with Crippen molar-refractivity contribution < 1.29 is 14.7 Å². The lowest BCUT2D eigenvalue weighted by atomic mass is 10.1. The Kier molecular flexibility index (Phi) is 7.95. The van der Waals surface area contributed by atoms with Crippen molar-refractivity contribution in [2.75, 3.05) is 7.05 Å². The van der Waals surface area contributed by atoms with E-state index >= 15 is 0 Å². The van der Waals surface area contributed by atoms with Gasteiger partial charge < -0.3 is 10.4 Å². The van der Waals surface area contributed by atoms with Gasteiger partial charge in [0.15, 0.2) is 0 Å². The van der Waals surface area contributed by atoms with Crippen molar-refractivity contribution >= 4 is 35.6 Å². The van der Waals surface area contributed by atoms with Crippen LogP contribution in [0.25, 0.3) is 0 Å². The summed E-state index contributed by atoms with van der Waals surface area (Å²) in [5.74, 6) is -1.19. The van der Waals surface area contributed by atoms with E-state index in [1.807, 2.05) is 31.2 Å². The number of hydrogen-bond donors (Lipinski definition) is 2. The number of rotatable bonds is 7. The maximum absolute atomic E-state index is 12.1. The molecule has 0 aliphatic heterocycles. The predicted octanol–water partition coefficient (Wildman–Crippen LogP) is 2.10. The van der Waals surface area contributed by atoms with Gasteiger partial charge in [0.25, 0.3) is 5.91 Å². The van der Waals surface area contributed by atoms with Crippen molar-refractivity contribution in [3.8, 4) is 0 Å². The zero-order valence-electron chi connectivity index (χ0n) is 14.2. The van der Waals surface area contributed by atoms with Gasteiger partial charge in [-0.2, -0.15) is 0 Å². The Morgan fingerprint density at radius 3 is 2.52 bits per heavy atom. The van der Waals surface area contributed by atoms with Crippen molar-refractivity contribution in [2.45, 2.75) is 33.0 Å². The van der Waals surface area contributed by atoms with E-state index in [1.54, 1.807) is 18.9 Å². The number of carboxylic acids is 1. The fourth-order valence-electron chi connectivity index (χ4n) is 1.91. The van der Waals surface area contributed by atoms with Crippen molar-refractivity contribution in [3.05, 3.63) is 45.4 Å².